The van der Waals surface area contributed by atoms with Gasteiger partial charge in [-0.05, 0) is 25.2 Å². The molecule has 0 N–H and O–H groups in total. The summed E-state index contributed by atoms with van der Waals surface area (Å²) in [5, 5.41) is 0. The van der Waals surface area contributed by atoms with Gasteiger partial charge in [0.15, 0.2) is 0 Å². The second kappa shape index (κ2) is 3.78. The van der Waals surface area contributed by atoms with E-state index < -0.39 is 5.60 Å². The molecule has 0 aromatic rings. The van der Waals surface area contributed by atoms with Crippen molar-refractivity contribution in [1.82, 2.24) is 4.90 Å². The Morgan fingerprint density at radius 2 is 2.20 bits per heavy atom. The van der Waals surface area contributed by atoms with Crippen LogP contribution in [0.15, 0.2) is 0 Å². The van der Waals surface area contributed by atoms with Crippen LogP contribution in [0.2, 0.25) is 0 Å². The number of carbonyl (C=O) groups excluding carboxylic acids is 1. The SMILES string of the molecule is CC(C)C1CC2(CCCCO2)C(=O)N1C. The summed E-state index contributed by atoms with van der Waals surface area (Å²) in [6, 6.07) is 0.357. The number of hydrogen-bond acceptors (Lipinski definition) is 2. The van der Waals surface area contributed by atoms with Crippen LogP contribution in [0, 0.1) is 5.92 Å². The molecular formula is C12H21NO2. The number of likely N-dealkylation sites (N-methyl/N-ethyl adjacent to an activating group) is 1. The van der Waals surface area contributed by atoms with E-state index in [1.807, 2.05) is 11.9 Å². The highest BCUT2D eigenvalue weighted by Crippen LogP contribution is 2.39. The monoisotopic (exact) mass is 211 g/mol. The molecule has 2 rings (SSSR count). The lowest BCUT2D eigenvalue weighted by Crippen LogP contribution is -2.43. The van der Waals surface area contributed by atoms with Crippen molar-refractivity contribution >= 4 is 5.91 Å². The van der Waals surface area contributed by atoms with Gasteiger partial charge in [-0.1, -0.05) is 13.8 Å². The summed E-state index contributed by atoms with van der Waals surface area (Å²) in [6.07, 6.45) is 4.04. The van der Waals surface area contributed by atoms with E-state index in [4.69, 9.17) is 4.74 Å². The van der Waals surface area contributed by atoms with Crippen LogP contribution in [-0.4, -0.2) is 36.1 Å². The number of likely N-dealkylation sites (tertiary alicyclic amines) is 1. The lowest BCUT2D eigenvalue weighted by molar-refractivity contribution is -0.153. The second-order valence-electron chi connectivity index (χ2n) is 5.23. The van der Waals surface area contributed by atoms with Crippen molar-refractivity contribution < 1.29 is 9.53 Å². The molecule has 0 aromatic carbocycles. The van der Waals surface area contributed by atoms with Gasteiger partial charge in [-0.15, -0.1) is 0 Å². The summed E-state index contributed by atoms with van der Waals surface area (Å²) in [5.41, 5.74) is -0.456. The molecule has 0 aliphatic carbocycles. The molecule has 2 fully saturated rings. The van der Waals surface area contributed by atoms with Crippen LogP contribution in [-0.2, 0) is 9.53 Å². The van der Waals surface area contributed by atoms with E-state index in [1.165, 1.54) is 0 Å². The minimum absolute atomic E-state index is 0.209. The van der Waals surface area contributed by atoms with Crippen LogP contribution >= 0.6 is 0 Å². The summed E-state index contributed by atoms with van der Waals surface area (Å²) < 4.78 is 5.80. The lowest BCUT2D eigenvalue weighted by atomic mass is 9.88. The van der Waals surface area contributed by atoms with Crippen molar-refractivity contribution in [1.29, 1.82) is 0 Å². The normalized spacial score (nSPS) is 36.9. The first-order valence-corrected chi connectivity index (χ1v) is 5.98. The Hall–Kier alpha value is -0.570. The third-order valence-corrected chi connectivity index (χ3v) is 3.87. The van der Waals surface area contributed by atoms with Crippen LogP contribution in [0.5, 0.6) is 0 Å². The molecule has 0 radical (unpaired) electrons. The molecular weight excluding hydrogens is 190 g/mol. The number of ether oxygens (including phenoxy) is 1. The lowest BCUT2D eigenvalue weighted by Gasteiger charge is -2.31. The van der Waals surface area contributed by atoms with Crippen LogP contribution in [0.4, 0.5) is 0 Å². The van der Waals surface area contributed by atoms with Gasteiger partial charge in [-0.25, -0.2) is 0 Å². The minimum Gasteiger partial charge on any atom is -0.365 e. The fraction of sp³-hybridized carbons (Fsp3) is 0.917. The summed E-state index contributed by atoms with van der Waals surface area (Å²) in [5.74, 6) is 0.727. The Kier molecular flexibility index (Phi) is 2.75. The van der Waals surface area contributed by atoms with Crippen molar-refractivity contribution in [3.63, 3.8) is 0 Å². The summed E-state index contributed by atoms with van der Waals surface area (Å²) >= 11 is 0. The van der Waals surface area contributed by atoms with Crippen molar-refractivity contribution in [2.24, 2.45) is 5.92 Å². The third-order valence-electron chi connectivity index (χ3n) is 3.87. The predicted molar refractivity (Wildman–Crippen MR) is 58.5 cm³/mol. The topological polar surface area (TPSA) is 29.5 Å². The number of carbonyl (C=O) groups is 1. The highest BCUT2D eigenvalue weighted by atomic mass is 16.5. The molecule has 3 nitrogen and oxygen atoms in total. The zero-order chi connectivity index (χ0) is 11.1. The molecule has 2 atom stereocenters. The molecule has 2 aliphatic rings. The fourth-order valence-electron chi connectivity index (χ4n) is 2.90. The number of nitrogens with zero attached hydrogens (tertiary/aromatic N) is 1. The highest BCUT2D eigenvalue weighted by Gasteiger charge is 2.52. The van der Waals surface area contributed by atoms with Crippen LogP contribution in [0.1, 0.15) is 39.5 Å². The Labute approximate surface area is 91.8 Å². The van der Waals surface area contributed by atoms with Gasteiger partial charge >= 0.3 is 0 Å². The van der Waals surface area contributed by atoms with E-state index in [2.05, 4.69) is 13.8 Å². The second-order valence-corrected chi connectivity index (χ2v) is 5.23. The maximum Gasteiger partial charge on any atom is 0.254 e. The van der Waals surface area contributed by atoms with Crippen molar-refractivity contribution in [2.45, 2.75) is 51.2 Å². The van der Waals surface area contributed by atoms with Gasteiger partial charge < -0.3 is 9.64 Å². The number of hydrogen-bond donors (Lipinski definition) is 0. The van der Waals surface area contributed by atoms with Gasteiger partial charge in [-0.2, -0.15) is 0 Å². The van der Waals surface area contributed by atoms with Gasteiger partial charge in [0.2, 0.25) is 0 Å². The molecule has 1 amide bonds. The van der Waals surface area contributed by atoms with E-state index in [-0.39, 0.29) is 5.91 Å². The Morgan fingerprint density at radius 3 is 2.67 bits per heavy atom. The molecule has 0 aromatic heterocycles. The predicted octanol–water partition coefficient (Wildman–Crippen LogP) is 1.81. The molecule has 2 aliphatic heterocycles. The summed E-state index contributed by atoms with van der Waals surface area (Å²) in [4.78, 5) is 14.1. The molecule has 2 heterocycles. The Balaban J connectivity index is 2.18. The molecule has 2 saturated heterocycles. The minimum atomic E-state index is -0.456. The van der Waals surface area contributed by atoms with Gasteiger partial charge in [0.25, 0.3) is 5.91 Å². The van der Waals surface area contributed by atoms with E-state index in [1.54, 1.807) is 0 Å². The van der Waals surface area contributed by atoms with Crippen LogP contribution < -0.4 is 0 Å². The number of rotatable bonds is 1. The Morgan fingerprint density at radius 1 is 1.47 bits per heavy atom. The largest absolute Gasteiger partial charge is 0.365 e. The van der Waals surface area contributed by atoms with E-state index in [0.29, 0.717) is 12.0 Å². The first kappa shape index (κ1) is 10.9. The zero-order valence-electron chi connectivity index (χ0n) is 9.95. The highest BCUT2D eigenvalue weighted by molar-refractivity contribution is 5.88. The third kappa shape index (κ3) is 1.67. The molecule has 1 spiro atoms. The zero-order valence-corrected chi connectivity index (χ0v) is 9.95. The standard InChI is InChI=1S/C12H21NO2/c1-9(2)10-8-12(11(14)13(10)3)6-4-5-7-15-12/h9-10H,4-8H2,1-3H3. The van der Waals surface area contributed by atoms with E-state index >= 15 is 0 Å². The number of amides is 1. The van der Waals surface area contributed by atoms with Gasteiger partial charge in [0, 0.05) is 26.1 Å². The van der Waals surface area contributed by atoms with Gasteiger partial charge in [0.05, 0.1) is 0 Å². The maximum atomic E-state index is 12.2. The molecule has 0 bridgehead atoms. The van der Waals surface area contributed by atoms with E-state index in [0.717, 1.165) is 32.3 Å². The molecule has 86 valence electrons. The van der Waals surface area contributed by atoms with Gasteiger partial charge in [-0.3, -0.25) is 4.79 Å². The summed E-state index contributed by atoms with van der Waals surface area (Å²) in [6.45, 7) is 5.11. The molecule has 3 heteroatoms. The maximum absolute atomic E-state index is 12.2. The molecule has 15 heavy (non-hydrogen) atoms. The molecule has 2 unspecified atom stereocenters. The Bertz CT molecular complexity index is 256. The quantitative estimate of drug-likeness (QED) is 0.662. The van der Waals surface area contributed by atoms with E-state index in [9.17, 15) is 4.79 Å². The smallest absolute Gasteiger partial charge is 0.254 e. The molecule has 0 saturated carbocycles. The average Bonchev–Trinajstić information content (AvgIpc) is 2.46. The first-order valence-electron chi connectivity index (χ1n) is 5.98. The summed E-state index contributed by atoms with van der Waals surface area (Å²) in [7, 11) is 1.92. The van der Waals surface area contributed by atoms with Crippen molar-refractivity contribution in [3.8, 4) is 0 Å². The van der Waals surface area contributed by atoms with Gasteiger partial charge in [0.1, 0.15) is 5.60 Å². The fourth-order valence-corrected chi connectivity index (χ4v) is 2.90. The van der Waals surface area contributed by atoms with Crippen LogP contribution in [0.25, 0.3) is 0 Å². The first-order chi connectivity index (χ1) is 7.07. The van der Waals surface area contributed by atoms with Crippen molar-refractivity contribution in [3.05, 3.63) is 0 Å². The van der Waals surface area contributed by atoms with Crippen LogP contribution in [0.3, 0.4) is 0 Å². The average molecular weight is 211 g/mol. The van der Waals surface area contributed by atoms with Crippen molar-refractivity contribution in [2.75, 3.05) is 13.7 Å².